The topological polar surface area (TPSA) is 15.3 Å². The summed E-state index contributed by atoms with van der Waals surface area (Å²) in [5.74, 6) is 0.728. The normalized spacial score (nSPS) is 23.1. The molecule has 1 aromatic carbocycles. The number of hydrogen-bond donors (Lipinski definition) is 1. The second-order valence-electron chi connectivity index (χ2n) is 7.51. The third-order valence-electron chi connectivity index (χ3n) is 5.04. The van der Waals surface area contributed by atoms with E-state index >= 15 is 0 Å². The van der Waals surface area contributed by atoms with E-state index in [1.165, 1.54) is 55.7 Å². The van der Waals surface area contributed by atoms with Gasteiger partial charge in [0.2, 0.25) is 0 Å². The van der Waals surface area contributed by atoms with Crippen LogP contribution in [0, 0.1) is 11.3 Å². The molecule has 0 aliphatic carbocycles. The standard InChI is InChI=1S/C18H28N2/c1-18(2,3)15-12-14-8-7-9-16(17(14)19-13-15)20-10-5-4-6-11-20/h7-9,15,19H,4-6,10-13H2,1-3H3. The first-order chi connectivity index (χ1) is 9.55. The van der Waals surface area contributed by atoms with Crippen LogP contribution in [0.25, 0.3) is 0 Å². The number of fused-ring (bicyclic) bond motifs is 1. The van der Waals surface area contributed by atoms with E-state index in [2.05, 4.69) is 49.2 Å². The van der Waals surface area contributed by atoms with E-state index in [9.17, 15) is 0 Å². The minimum Gasteiger partial charge on any atom is -0.383 e. The van der Waals surface area contributed by atoms with Crippen LogP contribution >= 0.6 is 0 Å². The van der Waals surface area contributed by atoms with Crippen LogP contribution < -0.4 is 10.2 Å². The van der Waals surface area contributed by atoms with Gasteiger partial charge in [-0.3, -0.25) is 0 Å². The van der Waals surface area contributed by atoms with E-state index in [0.29, 0.717) is 5.41 Å². The van der Waals surface area contributed by atoms with Gasteiger partial charge in [-0.1, -0.05) is 32.9 Å². The predicted molar refractivity (Wildman–Crippen MR) is 87.6 cm³/mol. The Bertz CT molecular complexity index is 467. The predicted octanol–water partition coefficient (Wildman–Crippen LogP) is 4.31. The second-order valence-corrected chi connectivity index (χ2v) is 7.51. The summed E-state index contributed by atoms with van der Waals surface area (Å²) < 4.78 is 0. The molecule has 1 saturated heterocycles. The zero-order valence-electron chi connectivity index (χ0n) is 13.2. The summed E-state index contributed by atoms with van der Waals surface area (Å²) in [6.07, 6.45) is 5.29. The van der Waals surface area contributed by atoms with E-state index < -0.39 is 0 Å². The van der Waals surface area contributed by atoms with Gasteiger partial charge in [0.1, 0.15) is 0 Å². The highest BCUT2D eigenvalue weighted by molar-refractivity contribution is 5.74. The summed E-state index contributed by atoms with van der Waals surface area (Å²) >= 11 is 0. The summed E-state index contributed by atoms with van der Waals surface area (Å²) in [6, 6.07) is 6.86. The number of hydrogen-bond acceptors (Lipinski definition) is 2. The Labute approximate surface area is 123 Å². The molecule has 2 aliphatic heterocycles. The molecule has 1 unspecified atom stereocenters. The van der Waals surface area contributed by atoms with E-state index in [0.717, 1.165) is 12.5 Å². The Hall–Kier alpha value is -1.18. The molecule has 0 bridgehead atoms. The van der Waals surface area contributed by atoms with Gasteiger partial charge < -0.3 is 10.2 Å². The first kappa shape index (κ1) is 13.8. The van der Waals surface area contributed by atoms with Crippen molar-refractivity contribution in [3.8, 4) is 0 Å². The van der Waals surface area contributed by atoms with Gasteiger partial charge in [0, 0.05) is 19.6 Å². The highest BCUT2D eigenvalue weighted by Crippen LogP contribution is 2.39. The number of para-hydroxylation sites is 1. The van der Waals surface area contributed by atoms with Gasteiger partial charge >= 0.3 is 0 Å². The molecule has 2 nitrogen and oxygen atoms in total. The van der Waals surface area contributed by atoms with Crippen molar-refractivity contribution >= 4 is 11.4 Å². The number of nitrogens with one attached hydrogen (secondary N) is 1. The van der Waals surface area contributed by atoms with Crippen molar-refractivity contribution in [1.82, 2.24) is 0 Å². The fourth-order valence-electron chi connectivity index (χ4n) is 3.53. The molecule has 20 heavy (non-hydrogen) atoms. The molecule has 2 aliphatic rings. The smallest absolute Gasteiger partial charge is 0.0610 e. The fraction of sp³-hybridized carbons (Fsp3) is 0.667. The van der Waals surface area contributed by atoms with Crippen molar-refractivity contribution in [2.75, 3.05) is 29.9 Å². The molecule has 0 saturated carbocycles. The minimum atomic E-state index is 0.381. The van der Waals surface area contributed by atoms with Crippen molar-refractivity contribution in [1.29, 1.82) is 0 Å². The van der Waals surface area contributed by atoms with E-state index in [1.54, 1.807) is 0 Å². The van der Waals surface area contributed by atoms with Crippen LogP contribution in [0.15, 0.2) is 18.2 Å². The Morgan fingerprint density at radius 2 is 1.85 bits per heavy atom. The van der Waals surface area contributed by atoms with Crippen LogP contribution in [0.4, 0.5) is 11.4 Å². The molecular formula is C18H28N2. The first-order valence-electron chi connectivity index (χ1n) is 8.16. The second kappa shape index (κ2) is 5.31. The van der Waals surface area contributed by atoms with Crippen LogP contribution in [0.3, 0.4) is 0 Å². The Morgan fingerprint density at radius 3 is 2.55 bits per heavy atom. The van der Waals surface area contributed by atoms with Gasteiger partial charge in [0.05, 0.1) is 11.4 Å². The monoisotopic (exact) mass is 272 g/mol. The number of anilines is 2. The highest BCUT2D eigenvalue weighted by Gasteiger charge is 2.30. The van der Waals surface area contributed by atoms with Crippen molar-refractivity contribution in [3.05, 3.63) is 23.8 Å². The summed E-state index contributed by atoms with van der Waals surface area (Å²) in [6.45, 7) is 10.6. The van der Waals surface area contributed by atoms with Crippen LogP contribution in [-0.4, -0.2) is 19.6 Å². The molecule has 1 atom stereocenters. The quantitative estimate of drug-likeness (QED) is 0.819. The lowest BCUT2D eigenvalue weighted by atomic mass is 9.75. The van der Waals surface area contributed by atoms with Gasteiger partial charge in [0.25, 0.3) is 0 Å². The fourth-order valence-corrected chi connectivity index (χ4v) is 3.53. The molecule has 0 radical (unpaired) electrons. The lowest BCUT2D eigenvalue weighted by Gasteiger charge is -2.38. The van der Waals surface area contributed by atoms with E-state index in [4.69, 9.17) is 0 Å². The summed E-state index contributed by atoms with van der Waals surface area (Å²) in [5.41, 5.74) is 4.75. The van der Waals surface area contributed by atoms with Crippen molar-refractivity contribution in [2.45, 2.75) is 46.5 Å². The summed E-state index contributed by atoms with van der Waals surface area (Å²) in [4.78, 5) is 2.58. The van der Waals surface area contributed by atoms with Crippen molar-refractivity contribution in [3.63, 3.8) is 0 Å². The van der Waals surface area contributed by atoms with Crippen molar-refractivity contribution in [2.24, 2.45) is 11.3 Å². The van der Waals surface area contributed by atoms with Gasteiger partial charge in [-0.15, -0.1) is 0 Å². The Morgan fingerprint density at radius 1 is 1.10 bits per heavy atom. The SMILES string of the molecule is CC(C)(C)C1CNc2c(cccc2N2CCCCC2)C1. The molecule has 3 rings (SSSR count). The van der Waals surface area contributed by atoms with Crippen LogP contribution in [-0.2, 0) is 6.42 Å². The number of piperidine rings is 1. The van der Waals surface area contributed by atoms with Crippen LogP contribution in [0.5, 0.6) is 0 Å². The average molecular weight is 272 g/mol. The first-order valence-corrected chi connectivity index (χ1v) is 8.16. The third-order valence-corrected chi connectivity index (χ3v) is 5.04. The lowest BCUT2D eigenvalue weighted by Crippen LogP contribution is -2.35. The maximum absolute atomic E-state index is 3.74. The number of nitrogens with zero attached hydrogens (tertiary/aromatic N) is 1. The molecule has 1 N–H and O–H groups in total. The molecule has 2 heterocycles. The van der Waals surface area contributed by atoms with Crippen LogP contribution in [0.1, 0.15) is 45.6 Å². The molecular weight excluding hydrogens is 244 g/mol. The van der Waals surface area contributed by atoms with Gasteiger partial charge in [0.15, 0.2) is 0 Å². The Balaban J connectivity index is 1.86. The number of rotatable bonds is 1. The third kappa shape index (κ3) is 2.65. The summed E-state index contributed by atoms with van der Waals surface area (Å²) in [5, 5.41) is 3.74. The maximum Gasteiger partial charge on any atom is 0.0610 e. The maximum atomic E-state index is 3.74. The number of benzene rings is 1. The van der Waals surface area contributed by atoms with Gasteiger partial charge in [-0.05, 0) is 48.6 Å². The summed E-state index contributed by atoms with van der Waals surface area (Å²) in [7, 11) is 0. The lowest BCUT2D eigenvalue weighted by molar-refractivity contribution is 0.247. The van der Waals surface area contributed by atoms with E-state index in [1.807, 2.05) is 0 Å². The van der Waals surface area contributed by atoms with Gasteiger partial charge in [-0.2, -0.15) is 0 Å². The van der Waals surface area contributed by atoms with E-state index in [-0.39, 0.29) is 0 Å². The molecule has 110 valence electrons. The van der Waals surface area contributed by atoms with Crippen molar-refractivity contribution < 1.29 is 0 Å². The largest absolute Gasteiger partial charge is 0.383 e. The molecule has 0 amide bonds. The highest BCUT2D eigenvalue weighted by atomic mass is 15.1. The zero-order chi connectivity index (χ0) is 14.2. The molecule has 2 heteroatoms. The zero-order valence-corrected chi connectivity index (χ0v) is 13.2. The van der Waals surface area contributed by atoms with Crippen LogP contribution in [0.2, 0.25) is 0 Å². The molecule has 1 fully saturated rings. The van der Waals surface area contributed by atoms with Gasteiger partial charge in [-0.25, -0.2) is 0 Å². The average Bonchev–Trinajstić information content (AvgIpc) is 2.46. The Kier molecular flexibility index (Phi) is 3.66. The molecule has 0 aromatic heterocycles. The molecule has 1 aromatic rings. The minimum absolute atomic E-state index is 0.381. The molecule has 0 spiro atoms.